The van der Waals surface area contributed by atoms with Crippen LogP contribution >= 0.6 is 11.6 Å². The van der Waals surface area contributed by atoms with Crippen molar-refractivity contribution in [1.29, 1.82) is 0 Å². The Morgan fingerprint density at radius 3 is 2.48 bits per heavy atom. The number of rotatable bonds is 4. The van der Waals surface area contributed by atoms with Crippen molar-refractivity contribution in [2.24, 2.45) is 0 Å². The summed E-state index contributed by atoms with van der Waals surface area (Å²) >= 11 is 6.03. The molecule has 21 heavy (non-hydrogen) atoms. The molecule has 2 aromatic carbocycles. The van der Waals surface area contributed by atoms with Crippen LogP contribution in [0.4, 0.5) is 5.69 Å². The zero-order valence-corrected chi connectivity index (χ0v) is 13.4. The molecular weight excluding hydrogens is 308 g/mol. The lowest BCUT2D eigenvalue weighted by molar-refractivity contribution is 0.581. The first-order valence-electron chi connectivity index (χ1n) is 6.41. The SMILES string of the molecule is Cc1ccc(N)c(S(=O)(=O)NCc2ccccc2Cl)c1C. The van der Waals surface area contributed by atoms with Crippen LogP contribution in [-0.4, -0.2) is 8.42 Å². The lowest BCUT2D eigenvalue weighted by Gasteiger charge is -2.14. The number of hydrogen-bond donors (Lipinski definition) is 2. The van der Waals surface area contributed by atoms with Gasteiger partial charge in [-0.05, 0) is 42.7 Å². The molecule has 0 atom stereocenters. The van der Waals surface area contributed by atoms with Crippen molar-refractivity contribution in [2.45, 2.75) is 25.3 Å². The summed E-state index contributed by atoms with van der Waals surface area (Å²) in [7, 11) is -3.69. The number of anilines is 1. The highest BCUT2D eigenvalue weighted by Crippen LogP contribution is 2.25. The monoisotopic (exact) mass is 324 g/mol. The van der Waals surface area contributed by atoms with Gasteiger partial charge in [0.1, 0.15) is 4.90 Å². The molecule has 0 bridgehead atoms. The molecule has 0 amide bonds. The van der Waals surface area contributed by atoms with Gasteiger partial charge in [0.2, 0.25) is 10.0 Å². The molecule has 4 nitrogen and oxygen atoms in total. The molecule has 0 spiro atoms. The largest absolute Gasteiger partial charge is 0.398 e. The van der Waals surface area contributed by atoms with Crippen LogP contribution in [0.15, 0.2) is 41.3 Å². The predicted octanol–water partition coefficient (Wildman–Crippen LogP) is 3.02. The van der Waals surface area contributed by atoms with E-state index in [1.807, 2.05) is 13.0 Å². The first kappa shape index (κ1) is 15.8. The van der Waals surface area contributed by atoms with Crippen molar-refractivity contribution in [3.05, 3.63) is 58.1 Å². The van der Waals surface area contributed by atoms with Gasteiger partial charge < -0.3 is 5.73 Å². The highest BCUT2D eigenvalue weighted by atomic mass is 35.5. The average Bonchev–Trinajstić information content (AvgIpc) is 2.42. The Morgan fingerprint density at radius 1 is 1.14 bits per heavy atom. The quantitative estimate of drug-likeness (QED) is 0.849. The molecule has 0 radical (unpaired) electrons. The highest BCUT2D eigenvalue weighted by molar-refractivity contribution is 7.89. The molecule has 0 aliphatic carbocycles. The van der Waals surface area contributed by atoms with Gasteiger partial charge in [-0.25, -0.2) is 13.1 Å². The zero-order chi connectivity index (χ0) is 15.6. The van der Waals surface area contributed by atoms with Crippen LogP contribution < -0.4 is 10.5 Å². The van der Waals surface area contributed by atoms with E-state index >= 15 is 0 Å². The Morgan fingerprint density at radius 2 is 1.81 bits per heavy atom. The summed E-state index contributed by atoms with van der Waals surface area (Å²) in [6.45, 7) is 3.71. The lowest BCUT2D eigenvalue weighted by atomic mass is 10.1. The zero-order valence-electron chi connectivity index (χ0n) is 11.9. The Labute approximate surface area is 130 Å². The minimum Gasteiger partial charge on any atom is -0.398 e. The molecule has 0 fully saturated rings. The minimum absolute atomic E-state index is 0.120. The van der Waals surface area contributed by atoms with E-state index in [9.17, 15) is 8.42 Å². The van der Waals surface area contributed by atoms with Gasteiger partial charge in [-0.3, -0.25) is 0 Å². The maximum Gasteiger partial charge on any atom is 0.243 e. The molecule has 0 aliphatic rings. The standard InChI is InChI=1S/C15H17ClN2O2S/c1-10-7-8-14(17)15(11(10)2)21(19,20)18-9-12-5-3-4-6-13(12)16/h3-8,18H,9,17H2,1-2H3. The molecule has 0 unspecified atom stereocenters. The number of nitrogens with two attached hydrogens (primary N) is 1. The van der Waals surface area contributed by atoms with Crippen molar-refractivity contribution < 1.29 is 8.42 Å². The maximum absolute atomic E-state index is 12.5. The molecule has 0 aliphatic heterocycles. The molecule has 0 saturated heterocycles. The van der Waals surface area contributed by atoms with Gasteiger partial charge in [0, 0.05) is 11.6 Å². The second kappa shape index (κ2) is 6.05. The van der Waals surface area contributed by atoms with Gasteiger partial charge in [0.25, 0.3) is 0 Å². The fourth-order valence-corrected chi connectivity index (χ4v) is 3.69. The summed E-state index contributed by atoms with van der Waals surface area (Å²) in [6.07, 6.45) is 0. The normalized spacial score (nSPS) is 11.6. The summed E-state index contributed by atoms with van der Waals surface area (Å²) in [6, 6.07) is 10.5. The molecule has 112 valence electrons. The van der Waals surface area contributed by atoms with Crippen molar-refractivity contribution in [2.75, 3.05) is 5.73 Å². The van der Waals surface area contributed by atoms with E-state index in [0.717, 1.165) is 5.56 Å². The van der Waals surface area contributed by atoms with Crippen molar-refractivity contribution in [3.63, 3.8) is 0 Å². The summed E-state index contributed by atoms with van der Waals surface area (Å²) in [5, 5.41) is 0.522. The first-order valence-corrected chi connectivity index (χ1v) is 8.28. The number of hydrogen-bond acceptors (Lipinski definition) is 3. The summed E-state index contributed by atoms with van der Waals surface area (Å²) in [5.74, 6) is 0. The second-order valence-electron chi connectivity index (χ2n) is 4.84. The predicted molar refractivity (Wildman–Crippen MR) is 85.8 cm³/mol. The molecule has 2 aromatic rings. The van der Waals surface area contributed by atoms with Crippen molar-refractivity contribution in [1.82, 2.24) is 4.72 Å². The summed E-state index contributed by atoms with van der Waals surface area (Å²) in [5.41, 5.74) is 8.32. The van der Waals surface area contributed by atoms with Crippen LogP contribution in [-0.2, 0) is 16.6 Å². The van der Waals surface area contributed by atoms with Gasteiger partial charge in [0.15, 0.2) is 0 Å². The van der Waals surface area contributed by atoms with E-state index in [2.05, 4.69) is 4.72 Å². The third-order valence-corrected chi connectivity index (χ3v) is 5.36. The molecule has 0 aromatic heterocycles. The fraction of sp³-hybridized carbons (Fsp3) is 0.200. The van der Waals surface area contributed by atoms with Crippen LogP contribution in [0.25, 0.3) is 0 Å². The Hall–Kier alpha value is -1.56. The van der Waals surface area contributed by atoms with E-state index in [1.54, 1.807) is 37.3 Å². The third kappa shape index (κ3) is 3.37. The number of nitrogens with one attached hydrogen (secondary N) is 1. The van der Waals surface area contributed by atoms with Crippen LogP contribution in [0.1, 0.15) is 16.7 Å². The maximum atomic E-state index is 12.5. The van der Waals surface area contributed by atoms with Crippen LogP contribution in [0.2, 0.25) is 5.02 Å². The van der Waals surface area contributed by atoms with E-state index in [1.165, 1.54) is 0 Å². The van der Waals surface area contributed by atoms with E-state index in [0.29, 0.717) is 16.1 Å². The van der Waals surface area contributed by atoms with E-state index in [-0.39, 0.29) is 17.1 Å². The fourth-order valence-electron chi connectivity index (χ4n) is 2.05. The van der Waals surface area contributed by atoms with Crippen LogP contribution in [0.3, 0.4) is 0 Å². The highest BCUT2D eigenvalue weighted by Gasteiger charge is 2.21. The van der Waals surface area contributed by atoms with Crippen molar-refractivity contribution in [3.8, 4) is 0 Å². The molecule has 3 N–H and O–H groups in total. The number of aryl methyl sites for hydroxylation is 1. The van der Waals surface area contributed by atoms with Gasteiger partial charge in [0.05, 0.1) is 5.69 Å². The molecule has 0 saturated carbocycles. The Bertz CT molecular complexity index is 773. The van der Waals surface area contributed by atoms with Gasteiger partial charge in [-0.2, -0.15) is 0 Å². The molecule has 0 heterocycles. The number of sulfonamides is 1. The first-order chi connectivity index (χ1) is 9.83. The smallest absolute Gasteiger partial charge is 0.243 e. The molecule has 2 rings (SSSR count). The van der Waals surface area contributed by atoms with Gasteiger partial charge in [-0.15, -0.1) is 0 Å². The van der Waals surface area contributed by atoms with Crippen molar-refractivity contribution >= 4 is 27.3 Å². The molecular formula is C15H17ClN2O2S. The second-order valence-corrected chi connectivity index (χ2v) is 6.95. The van der Waals surface area contributed by atoms with Gasteiger partial charge >= 0.3 is 0 Å². The average molecular weight is 325 g/mol. The summed E-state index contributed by atoms with van der Waals surface area (Å²) in [4.78, 5) is 0.134. The lowest BCUT2D eigenvalue weighted by Crippen LogP contribution is -2.25. The number of halogens is 1. The minimum atomic E-state index is -3.69. The molecule has 6 heteroatoms. The van der Waals surface area contributed by atoms with E-state index in [4.69, 9.17) is 17.3 Å². The third-order valence-electron chi connectivity index (χ3n) is 3.39. The number of nitrogen functional groups attached to an aromatic ring is 1. The topological polar surface area (TPSA) is 72.2 Å². The summed E-state index contributed by atoms with van der Waals surface area (Å²) < 4.78 is 27.5. The Kier molecular flexibility index (Phi) is 4.56. The van der Waals surface area contributed by atoms with Crippen LogP contribution in [0.5, 0.6) is 0 Å². The van der Waals surface area contributed by atoms with Gasteiger partial charge in [-0.1, -0.05) is 35.9 Å². The number of benzene rings is 2. The van der Waals surface area contributed by atoms with E-state index < -0.39 is 10.0 Å². The Balaban J connectivity index is 2.32. The van der Waals surface area contributed by atoms with Crippen LogP contribution in [0, 0.1) is 13.8 Å².